The van der Waals surface area contributed by atoms with Crippen LogP contribution in [0.2, 0.25) is 0 Å². The number of aromatic nitrogens is 2. The first-order valence-corrected chi connectivity index (χ1v) is 6.37. The molecular weight excluding hydrogens is 246 g/mol. The number of nitrogens with two attached hydrogens (primary N) is 1. The van der Waals surface area contributed by atoms with Crippen LogP contribution in [0.15, 0.2) is 29.6 Å². The van der Waals surface area contributed by atoms with Crippen LogP contribution >= 0.6 is 11.3 Å². The van der Waals surface area contributed by atoms with E-state index >= 15 is 0 Å². The highest BCUT2D eigenvalue weighted by molar-refractivity contribution is 7.13. The average Bonchev–Trinajstić information content (AvgIpc) is 2.88. The molecule has 5 heteroatoms. The number of hydrogen-bond donors (Lipinski definition) is 2. The van der Waals surface area contributed by atoms with Crippen LogP contribution in [-0.2, 0) is 0 Å². The molecule has 0 fully saturated rings. The summed E-state index contributed by atoms with van der Waals surface area (Å²) >= 11 is 1.32. The fraction of sp³-hybridized carbons (Fsp3) is 0.0769. The highest BCUT2D eigenvalue weighted by Gasteiger charge is 2.14. The SMILES string of the molecule is Cc1ccc(-c2nc3c(C(N)=O)scc3[nH]2)cc1. The first-order valence-electron chi connectivity index (χ1n) is 5.49. The number of hydrogen-bond acceptors (Lipinski definition) is 3. The van der Waals surface area contributed by atoms with Gasteiger partial charge in [-0.1, -0.05) is 29.8 Å². The number of aryl methyl sites for hydroxylation is 1. The number of carbonyl (C=O) groups is 1. The molecule has 3 N–H and O–H groups in total. The van der Waals surface area contributed by atoms with Crippen LogP contribution in [0, 0.1) is 6.92 Å². The first-order chi connectivity index (χ1) is 8.65. The summed E-state index contributed by atoms with van der Waals surface area (Å²) in [5.41, 5.74) is 9.01. The number of imidazole rings is 1. The molecule has 0 bridgehead atoms. The van der Waals surface area contributed by atoms with Gasteiger partial charge in [0, 0.05) is 10.9 Å². The van der Waals surface area contributed by atoms with E-state index in [4.69, 9.17) is 5.73 Å². The van der Waals surface area contributed by atoms with Crippen molar-refractivity contribution >= 4 is 28.3 Å². The molecule has 0 aliphatic heterocycles. The third-order valence-corrected chi connectivity index (χ3v) is 3.77. The van der Waals surface area contributed by atoms with E-state index in [-0.39, 0.29) is 0 Å². The molecule has 0 unspecified atom stereocenters. The molecule has 4 nitrogen and oxygen atoms in total. The third-order valence-electron chi connectivity index (χ3n) is 2.79. The molecule has 0 saturated carbocycles. The summed E-state index contributed by atoms with van der Waals surface area (Å²) in [6, 6.07) is 8.06. The van der Waals surface area contributed by atoms with Crippen LogP contribution in [0.5, 0.6) is 0 Å². The Hall–Kier alpha value is -2.14. The summed E-state index contributed by atoms with van der Waals surface area (Å²) in [5.74, 6) is 0.326. The highest BCUT2D eigenvalue weighted by Crippen LogP contribution is 2.27. The number of nitrogens with zero attached hydrogens (tertiary/aromatic N) is 1. The second-order valence-corrected chi connectivity index (χ2v) is 5.02. The molecule has 2 heterocycles. The van der Waals surface area contributed by atoms with Gasteiger partial charge in [0.1, 0.15) is 16.2 Å². The van der Waals surface area contributed by atoms with Gasteiger partial charge in [-0.05, 0) is 6.92 Å². The van der Waals surface area contributed by atoms with Crippen LogP contribution < -0.4 is 5.73 Å². The van der Waals surface area contributed by atoms with Gasteiger partial charge in [0.2, 0.25) is 0 Å². The van der Waals surface area contributed by atoms with Gasteiger partial charge in [-0.3, -0.25) is 4.79 Å². The molecule has 0 spiro atoms. The Morgan fingerprint density at radius 2 is 2.06 bits per heavy atom. The molecule has 0 atom stereocenters. The van der Waals surface area contributed by atoms with E-state index < -0.39 is 5.91 Å². The van der Waals surface area contributed by atoms with Crippen molar-refractivity contribution in [3.8, 4) is 11.4 Å². The Morgan fingerprint density at radius 1 is 1.33 bits per heavy atom. The number of H-pyrrole nitrogens is 1. The molecule has 0 aliphatic carbocycles. The van der Waals surface area contributed by atoms with Crippen molar-refractivity contribution in [3.05, 3.63) is 40.1 Å². The fourth-order valence-corrected chi connectivity index (χ4v) is 2.63. The maximum atomic E-state index is 11.2. The van der Waals surface area contributed by atoms with Gasteiger partial charge in [0.25, 0.3) is 5.91 Å². The van der Waals surface area contributed by atoms with Crippen molar-refractivity contribution in [2.24, 2.45) is 5.73 Å². The van der Waals surface area contributed by atoms with Gasteiger partial charge in [-0.2, -0.15) is 0 Å². The predicted molar refractivity (Wildman–Crippen MR) is 72.7 cm³/mol. The molecule has 1 amide bonds. The van der Waals surface area contributed by atoms with E-state index in [1.807, 2.05) is 36.6 Å². The number of aromatic amines is 1. The second kappa shape index (κ2) is 3.96. The molecule has 0 radical (unpaired) electrons. The lowest BCUT2D eigenvalue weighted by molar-refractivity contribution is 0.101. The number of thiophene rings is 1. The molecule has 0 saturated heterocycles. The van der Waals surface area contributed by atoms with Gasteiger partial charge >= 0.3 is 0 Å². The van der Waals surface area contributed by atoms with Gasteiger partial charge in [-0.25, -0.2) is 4.98 Å². The quantitative estimate of drug-likeness (QED) is 0.741. The normalized spacial score (nSPS) is 10.9. The van der Waals surface area contributed by atoms with Crippen LogP contribution in [0.25, 0.3) is 22.4 Å². The second-order valence-electron chi connectivity index (χ2n) is 4.14. The number of nitrogens with one attached hydrogen (secondary N) is 1. The maximum absolute atomic E-state index is 11.2. The summed E-state index contributed by atoms with van der Waals surface area (Å²) in [4.78, 5) is 19.4. The van der Waals surface area contributed by atoms with E-state index in [1.165, 1.54) is 16.9 Å². The maximum Gasteiger partial charge on any atom is 0.261 e. The van der Waals surface area contributed by atoms with E-state index in [0.29, 0.717) is 10.4 Å². The number of primary amides is 1. The molecule has 2 aromatic heterocycles. The van der Waals surface area contributed by atoms with Crippen LogP contribution in [-0.4, -0.2) is 15.9 Å². The van der Waals surface area contributed by atoms with Crippen LogP contribution in [0.4, 0.5) is 0 Å². The van der Waals surface area contributed by atoms with Crippen molar-refractivity contribution < 1.29 is 4.79 Å². The van der Waals surface area contributed by atoms with E-state index in [1.54, 1.807) is 0 Å². The van der Waals surface area contributed by atoms with Gasteiger partial charge < -0.3 is 10.7 Å². The number of amides is 1. The average molecular weight is 257 g/mol. The molecular formula is C13H11N3OS. The smallest absolute Gasteiger partial charge is 0.261 e. The summed E-state index contributed by atoms with van der Waals surface area (Å²) in [6.07, 6.45) is 0. The van der Waals surface area contributed by atoms with Crippen molar-refractivity contribution in [2.45, 2.75) is 6.92 Å². The Labute approximate surface area is 107 Å². The lowest BCUT2D eigenvalue weighted by Crippen LogP contribution is -2.08. The van der Waals surface area contributed by atoms with E-state index in [0.717, 1.165) is 16.9 Å². The summed E-state index contributed by atoms with van der Waals surface area (Å²) in [7, 11) is 0. The molecule has 3 rings (SSSR count). The molecule has 1 aromatic carbocycles. The number of benzene rings is 1. The molecule has 18 heavy (non-hydrogen) atoms. The minimum atomic E-state index is -0.433. The molecule has 90 valence electrons. The fourth-order valence-electron chi connectivity index (χ4n) is 1.84. The highest BCUT2D eigenvalue weighted by atomic mass is 32.1. The van der Waals surface area contributed by atoms with Gasteiger partial charge in [0.05, 0.1) is 5.52 Å². The summed E-state index contributed by atoms with van der Waals surface area (Å²) in [6.45, 7) is 2.04. The van der Waals surface area contributed by atoms with Crippen molar-refractivity contribution in [3.63, 3.8) is 0 Å². The van der Waals surface area contributed by atoms with Crippen molar-refractivity contribution in [1.82, 2.24) is 9.97 Å². The Morgan fingerprint density at radius 3 is 2.72 bits per heavy atom. The van der Waals surface area contributed by atoms with Gasteiger partial charge in [0.15, 0.2) is 0 Å². The molecule has 0 aliphatic rings. The van der Waals surface area contributed by atoms with E-state index in [9.17, 15) is 4.79 Å². The van der Waals surface area contributed by atoms with Crippen molar-refractivity contribution in [2.75, 3.05) is 0 Å². The van der Waals surface area contributed by atoms with Crippen molar-refractivity contribution in [1.29, 1.82) is 0 Å². The number of carbonyl (C=O) groups excluding carboxylic acids is 1. The van der Waals surface area contributed by atoms with Gasteiger partial charge in [-0.15, -0.1) is 11.3 Å². The molecule has 3 aromatic rings. The Kier molecular flexibility index (Phi) is 2.41. The Bertz CT molecular complexity index is 724. The zero-order valence-electron chi connectivity index (χ0n) is 9.73. The zero-order chi connectivity index (χ0) is 12.7. The standard InChI is InChI=1S/C13H11N3OS/c1-7-2-4-8(5-3-7)13-15-9-6-18-11(12(14)17)10(9)16-13/h2-6H,1H3,(H2,14,17)(H,15,16). The predicted octanol–water partition coefficient (Wildman–Crippen LogP) is 2.70. The minimum absolute atomic E-state index is 0.433. The monoisotopic (exact) mass is 257 g/mol. The number of rotatable bonds is 2. The Balaban J connectivity index is 2.13. The zero-order valence-corrected chi connectivity index (χ0v) is 10.5. The summed E-state index contributed by atoms with van der Waals surface area (Å²) in [5, 5.41) is 1.86. The van der Waals surface area contributed by atoms with Crippen LogP contribution in [0.3, 0.4) is 0 Å². The number of fused-ring (bicyclic) bond motifs is 1. The summed E-state index contributed by atoms with van der Waals surface area (Å²) < 4.78 is 0. The lowest BCUT2D eigenvalue weighted by Gasteiger charge is -1.97. The first kappa shape index (κ1) is 11.0. The van der Waals surface area contributed by atoms with Crippen LogP contribution in [0.1, 0.15) is 15.2 Å². The third kappa shape index (κ3) is 1.69. The minimum Gasteiger partial charge on any atom is -0.365 e. The lowest BCUT2D eigenvalue weighted by atomic mass is 10.1. The largest absolute Gasteiger partial charge is 0.365 e. The topological polar surface area (TPSA) is 71.8 Å². The van der Waals surface area contributed by atoms with E-state index in [2.05, 4.69) is 9.97 Å².